The van der Waals surface area contributed by atoms with Crippen LogP contribution in [0.25, 0.3) is 0 Å². The fourth-order valence-corrected chi connectivity index (χ4v) is 2.71. The molecule has 0 radical (unpaired) electrons. The lowest BCUT2D eigenvalue weighted by atomic mass is 10.2. The van der Waals surface area contributed by atoms with E-state index < -0.39 is 4.92 Å². The van der Waals surface area contributed by atoms with Crippen LogP contribution in [0.4, 0.5) is 11.4 Å². The number of nitro groups is 1. The van der Waals surface area contributed by atoms with Gasteiger partial charge in [0.1, 0.15) is 10.7 Å². The molecular formula is C12H11ClN2O2S. The Morgan fingerprint density at radius 3 is 2.78 bits per heavy atom. The minimum Gasteiger partial charge on any atom is -0.364 e. The molecule has 0 saturated carbocycles. The third kappa shape index (κ3) is 2.63. The zero-order valence-corrected chi connectivity index (χ0v) is 11.2. The van der Waals surface area contributed by atoms with Gasteiger partial charge in [0.2, 0.25) is 0 Å². The maximum Gasteiger partial charge on any atom is 0.310 e. The molecule has 0 unspecified atom stereocenters. The Labute approximate surface area is 114 Å². The molecule has 0 N–H and O–H groups in total. The maximum absolute atomic E-state index is 11.0. The first-order valence-corrected chi connectivity index (χ1v) is 6.52. The minimum absolute atomic E-state index is 0.0433. The molecule has 94 valence electrons. The molecule has 1 aromatic heterocycles. The lowest BCUT2D eigenvalue weighted by Crippen LogP contribution is -2.17. The van der Waals surface area contributed by atoms with Crippen LogP contribution in [-0.4, -0.2) is 12.0 Å². The van der Waals surface area contributed by atoms with Crippen molar-refractivity contribution in [3.05, 3.63) is 55.7 Å². The number of thiophene rings is 1. The maximum atomic E-state index is 11.0. The third-order valence-corrected chi connectivity index (χ3v) is 3.70. The molecule has 2 rings (SSSR count). The summed E-state index contributed by atoms with van der Waals surface area (Å²) in [4.78, 5) is 13.6. The average Bonchev–Trinajstić information content (AvgIpc) is 2.80. The summed E-state index contributed by atoms with van der Waals surface area (Å²) in [6.45, 7) is 0.624. The Kier molecular flexibility index (Phi) is 3.84. The van der Waals surface area contributed by atoms with Crippen LogP contribution < -0.4 is 4.90 Å². The fourth-order valence-electron chi connectivity index (χ4n) is 1.71. The topological polar surface area (TPSA) is 46.4 Å². The molecule has 6 heteroatoms. The summed E-state index contributed by atoms with van der Waals surface area (Å²) in [5.41, 5.74) is 0.485. The summed E-state index contributed by atoms with van der Waals surface area (Å²) in [6.07, 6.45) is 0. The Morgan fingerprint density at radius 2 is 2.17 bits per heavy atom. The summed E-state index contributed by atoms with van der Waals surface area (Å²) in [5, 5.41) is 13.2. The molecule has 0 amide bonds. The first-order valence-electron chi connectivity index (χ1n) is 5.26. The van der Waals surface area contributed by atoms with E-state index in [-0.39, 0.29) is 10.7 Å². The number of rotatable bonds is 4. The highest BCUT2D eigenvalue weighted by Crippen LogP contribution is 2.35. The zero-order valence-electron chi connectivity index (χ0n) is 9.67. The summed E-state index contributed by atoms with van der Waals surface area (Å²) < 4.78 is 0. The van der Waals surface area contributed by atoms with E-state index in [4.69, 9.17) is 11.6 Å². The van der Waals surface area contributed by atoms with Crippen LogP contribution in [0.1, 0.15) is 4.88 Å². The second kappa shape index (κ2) is 5.37. The van der Waals surface area contributed by atoms with Crippen molar-refractivity contribution in [3.63, 3.8) is 0 Å². The highest BCUT2D eigenvalue weighted by Gasteiger charge is 2.21. The standard InChI is InChI=1S/C12H11ClN2O2S/c1-14(8-9-4-3-7-18-9)11-6-2-5-10(13)12(11)15(16)17/h2-7H,8H2,1H3. The minimum atomic E-state index is -0.442. The van der Waals surface area contributed by atoms with Crippen molar-refractivity contribution < 1.29 is 4.92 Å². The number of anilines is 1. The van der Waals surface area contributed by atoms with Crippen molar-refractivity contribution in [2.45, 2.75) is 6.54 Å². The zero-order chi connectivity index (χ0) is 13.1. The normalized spacial score (nSPS) is 10.3. The van der Waals surface area contributed by atoms with Gasteiger partial charge in [0.25, 0.3) is 0 Å². The van der Waals surface area contributed by atoms with Crippen LogP contribution in [0.15, 0.2) is 35.7 Å². The quantitative estimate of drug-likeness (QED) is 0.630. The Bertz CT molecular complexity index is 557. The molecule has 18 heavy (non-hydrogen) atoms. The molecule has 4 nitrogen and oxygen atoms in total. The lowest BCUT2D eigenvalue weighted by molar-refractivity contribution is -0.384. The molecule has 0 saturated heterocycles. The molecular weight excluding hydrogens is 272 g/mol. The van der Waals surface area contributed by atoms with Gasteiger partial charge in [0.05, 0.1) is 11.5 Å². The smallest absolute Gasteiger partial charge is 0.310 e. The summed E-state index contributed by atoms with van der Waals surface area (Å²) in [7, 11) is 1.82. The van der Waals surface area contributed by atoms with Crippen LogP contribution >= 0.6 is 22.9 Å². The van der Waals surface area contributed by atoms with E-state index in [1.54, 1.807) is 23.5 Å². The second-order valence-corrected chi connectivity index (χ2v) is 5.24. The predicted octanol–water partition coefficient (Wildman–Crippen LogP) is 3.95. The molecule has 2 aromatic rings. The van der Waals surface area contributed by atoms with E-state index in [0.717, 1.165) is 4.88 Å². The summed E-state index contributed by atoms with van der Waals surface area (Å²) >= 11 is 7.50. The Hall–Kier alpha value is -1.59. The summed E-state index contributed by atoms with van der Waals surface area (Å²) in [6, 6.07) is 8.91. The number of hydrogen-bond donors (Lipinski definition) is 0. The number of para-hydroxylation sites is 1. The van der Waals surface area contributed by atoms with Crippen LogP contribution in [0.3, 0.4) is 0 Å². The van der Waals surface area contributed by atoms with E-state index in [1.807, 2.05) is 29.5 Å². The fraction of sp³-hybridized carbons (Fsp3) is 0.167. The number of hydrogen-bond acceptors (Lipinski definition) is 4. The van der Waals surface area contributed by atoms with Crippen molar-refractivity contribution >= 4 is 34.3 Å². The van der Waals surface area contributed by atoms with Crippen molar-refractivity contribution in [2.24, 2.45) is 0 Å². The van der Waals surface area contributed by atoms with Crippen LogP contribution in [0.5, 0.6) is 0 Å². The first kappa shape index (κ1) is 12.9. The molecule has 1 heterocycles. The van der Waals surface area contributed by atoms with Gasteiger partial charge in [-0.25, -0.2) is 0 Å². The van der Waals surface area contributed by atoms with Gasteiger partial charge in [0.15, 0.2) is 0 Å². The molecule has 1 aromatic carbocycles. The molecule has 0 aliphatic rings. The van der Waals surface area contributed by atoms with Crippen LogP contribution in [0.2, 0.25) is 5.02 Å². The third-order valence-electron chi connectivity index (χ3n) is 2.53. The van der Waals surface area contributed by atoms with Gasteiger partial charge in [-0.1, -0.05) is 23.7 Å². The highest BCUT2D eigenvalue weighted by molar-refractivity contribution is 7.09. The van der Waals surface area contributed by atoms with Gasteiger partial charge in [0, 0.05) is 11.9 Å². The molecule has 0 spiro atoms. The van der Waals surface area contributed by atoms with Crippen molar-refractivity contribution in [2.75, 3.05) is 11.9 Å². The Balaban J connectivity index is 2.32. The van der Waals surface area contributed by atoms with Gasteiger partial charge in [-0.15, -0.1) is 11.3 Å². The van der Waals surface area contributed by atoms with Gasteiger partial charge in [-0.05, 0) is 23.6 Å². The molecule has 0 bridgehead atoms. The number of halogens is 1. The van der Waals surface area contributed by atoms with Gasteiger partial charge in [-0.2, -0.15) is 0 Å². The predicted molar refractivity (Wildman–Crippen MR) is 74.5 cm³/mol. The largest absolute Gasteiger partial charge is 0.364 e. The van der Waals surface area contributed by atoms with Crippen LogP contribution in [0, 0.1) is 10.1 Å². The van der Waals surface area contributed by atoms with Crippen molar-refractivity contribution in [1.82, 2.24) is 0 Å². The van der Waals surface area contributed by atoms with Crippen LogP contribution in [-0.2, 0) is 6.54 Å². The molecule has 0 fully saturated rings. The molecule has 0 aliphatic carbocycles. The monoisotopic (exact) mass is 282 g/mol. The van der Waals surface area contributed by atoms with E-state index in [9.17, 15) is 10.1 Å². The molecule has 0 aliphatic heterocycles. The second-order valence-electron chi connectivity index (χ2n) is 3.80. The lowest BCUT2D eigenvalue weighted by Gasteiger charge is -2.18. The average molecular weight is 283 g/mol. The van der Waals surface area contributed by atoms with Crippen molar-refractivity contribution in [3.8, 4) is 0 Å². The molecule has 0 atom stereocenters. The van der Waals surface area contributed by atoms with Gasteiger partial charge in [-0.3, -0.25) is 10.1 Å². The van der Waals surface area contributed by atoms with Crippen molar-refractivity contribution in [1.29, 1.82) is 0 Å². The number of benzene rings is 1. The van der Waals surface area contributed by atoms with E-state index in [0.29, 0.717) is 12.2 Å². The van der Waals surface area contributed by atoms with Gasteiger partial charge < -0.3 is 4.90 Å². The first-order chi connectivity index (χ1) is 8.59. The van der Waals surface area contributed by atoms with E-state index in [2.05, 4.69) is 0 Å². The number of nitro benzene ring substituents is 1. The van der Waals surface area contributed by atoms with E-state index >= 15 is 0 Å². The summed E-state index contributed by atoms with van der Waals surface area (Å²) in [5.74, 6) is 0. The Morgan fingerprint density at radius 1 is 1.39 bits per heavy atom. The van der Waals surface area contributed by atoms with Gasteiger partial charge >= 0.3 is 5.69 Å². The number of nitrogens with zero attached hydrogens (tertiary/aromatic N) is 2. The van der Waals surface area contributed by atoms with E-state index in [1.165, 1.54) is 6.07 Å². The SMILES string of the molecule is CN(Cc1cccs1)c1cccc(Cl)c1[N+](=O)[O-]. The highest BCUT2D eigenvalue weighted by atomic mass is 35.5.